The predicted molar refractivity (Wildman–Crippen MR) is 66.1 cm³/mol. The third-order valence-corrected chi connectivity index (χ3v) is 2.48. The van der Waals surface area contributed by atoms with E-state index in [1.54, 1.807) is 12.4 Å². The van der Waals surface area contributed by atoms with E-state index in [0.717, 1.165) is 10.8 Å². The Morgan fingerprint density at radius 3 is 2.53 bits per heavy atom. The molecule has 0 spiro atoms. The first kappa shape index (κ1) is 9.78. The molecule has 3 aromatic rings. The average molecular weight is 222 g/mol. The monoisotopic (exact) mass is 222 g/mol. The third kappa shape index (κ3) is 1.95. The number of rotatable bonds is 2. The van der Waals surface area contributed by atoms with Crippen LogP contribution in [0, 0.1) is 0 Å². The van der Waals surface area contributed by atoms with Gasteiger partial charge in [0.1, 0.15) is 0 Å². The zero-order valence-electron chi connectivity index (χ0n) is 9.08. The Bertz CT molecular complexity index is 633. The number of fused-ring (bicyclic) bond motifs is 1. The van der Waals surface area contributed by atoms with Crippen molar-refractivity contribution in [3.63, 3.8) is 0 Å². The van der Waals surface area contributed by atoms with Gasteiger partial charge < -0.3 is 4.74 Å². The Kier molecular flexibility index (Phi) is 2.43. The van der Waals surface area contributed by atoms with Gasteiger partial charge >= 0.3 is 0 Å². The predicted octanol–water partition coefficient (Wildman–Crippen LogP) is 3.42. The Morgan fingerprint density at radius 1 is 0.765 bits per heavy atom. The summed E-state index contributed by atoms with van der Waals surface area (Å²) >= 11 is 0. The maximum atomic E-state index is 5.67. The maximum Gasteiger partial charge on any atom is 0.229 e. The lowest BCUT2D eigenvalue weighted by Crippen LogP contribution is -1.90. The summed E-state index contributed by atoms with van der Waals surface area (Å²) < 4.78 is 5.67. The zero-order valence-corrected chi connectivity index (χ0v) is 9.08. The molecule has 0 N–H and O–H groups in total. The number of nitrogens with zero attached hydrogens (tertiary/aromatic N) is 2. The van der Waals surface area contributed by atoms with Crippen LogP contribution in [-0.4, -0.2) is 9.97 Å². The second-order valence-corrected chi connectivity index (χ2v) is 3.61. The highest BCUT2D eigenvalue weighted by molar-refractivity contribution is 5.86. The van der Waals surface area contributed by atoms with Crippen molar-refractivity contribution < 1.29 is 4.74 Å². The van der Waals surface area contributed by atoms with E-state index in [1.165, 1.54) is 0 Å². The number of hydrogen-bond acceptors (Lipinski definition) is 3. The number of ether oxygens (including phenoxy) is 1. The van der Waals surface area contributed by atoms with Crippen molar-refractivity contribution in [3.8, 4) is 11.8 Å². The van der Waals surface area contributed by atoms with E-state index in [2.05, 4.69) is 9.97 Å². The van der Waals surface area contributed by atoms with Crippen molar-refractivity contribution in [1.82, 2.24) is 9.97 Å². The number of benzene rings is 1. The van der Waals surface area contributed by atoms with E-state index in [4.69, 9.17) is 4.74 Å². The molecule has 3 nitrogen and oxygen atoms in total. The van der Waals surface area contributed by atoms with Crippen LogP contribution >= 0.6 is 0 Å². The molecular formula is C14H10N2O. The van der Waals surface area contributed by atoms with Crippen LogP contribution in [0.3, 0.4) is 0 Å². The highest BCUT2D eigenvalue weighted by Gasteiger charge is 2.04. The lowest BCUT2D eigenvalue weighted by molar-refractivity contribution is 0.450. The minimum atomic E-state index is 0.552. The summed E-state index contributed by atoms with van der Waals surface area (Å²) in [6.07, 6.45) is 3.43. The quantitative estimate of drug-likeness (QED) is 0.666. The van der Waals surface area contributed by atoms with Gasteiger partial charge in [0.25, 0.3) is 0 Å². The van der Waals surface area contributed by atoms with E-state index in [-0.39, 0.29) is 0 Å². The summed E-state index contributed by atoms with van der Waals surface area (Å²) in [6, 6.07) is 15.5. The lowest BCUT2D eigenvalue weighted by Gasteiger charge is -2.06. The Balaban J connectivity index is 2.06. The summed E-state index contributed by atoms with van der Waals surface area (Å²) in [4.78, 5) is 8.36. The van der Waals surface area contributed by atoms with E-state index >= 15 is 0 Å². The molecule has 82 valence electrons. The summed E-state index contributed by atoms with van der Waals surface area (Å²) in [5.74, 6) is 1.14. The summed E-state index contributed by atoms with van der Waals surface area (Å²) in [6.45, 7) is 0. The molecule has 0 atom stereocenters. The van der Waals surface area contributed by atoms with E-state index < -0.39 is 0 Å². The van der Waals surface area contributed by atoms with Crippen LogP contribution in [0.1, 0.15) is 0 Å². The SMILES string of the molecule is c1ccc(Oc2nccc3ccccc23)nc1. The molecule has 3 heteroatoms. The standard InChI is InChI=1S/C14H10N2O/c1-2-6-12-11(5-1)8-10-16-14(12)17-13-7-3-4-9-15-13/h1-10H. The minimum Gasteiger partial charge on any atom is -0.420 e. The largest absolute Gasteiger partial charge is 0.420 e. The van der Waals surface area contributed by atoms with Gasteiger partial charge in [-0.15, -0.1) is 0 Å². The molecule has 0 aliphatic rings. The fourth-order valence-electron chi connectivity index (χ4n) is 1.68. The Labute approximate surface area is 98.7 Å². The summed E-state index contributed by atoms with van der Waals surface area (Å²) in [5.41, 5.74) is 0. The molecule has 0 saturated heterocycles. The molecule has 17 heavy (non-hydrogen) atoms. The third-order valence-electron chi connectivity index (χ3n) is 2.48. The molecule has 2 heterocycles. The fraction of sp³-hybridized carbons (Fsp3) is 0. The van der Waals surface area contributed by atoms with Crippen molar-refractivity contribution >= 4 is 10.8 Å². The zero-order chi connectivity index (χ0) is 11.5. The molecular weight excluding hydrogens is 212 g/mol. The van der Waals surface area contributed by atoms with Crippen LogP contribution in [-0.2, 0) is 0 Å². The molecule has 3 rings (SSSR count). The molecule has 0 saturated carbocycles. The Hall–Kier alpha value is -2.42. The molecule has 0 amide bonds. The van der Waals surface area contributed by atoms with Gasteiger partial charge in [-0.25, -0.2) is 9.97 Å². The summed E-state index contributed by atoms with van der Waals surface area (Å²) in [5, 5.41) is 2.09. The molecule has 0 aliphatic heterocycles. The van der Waals surface area contributed by atoms with Crippen LogP contribution in [0.2, 0.25) is 0 Å². The maximum absolute atomic E-state index is 5.67. The summed E-state index contributed by atoms with van der Waals surface area (Å²) in [7, 11) is 0. The van der Waals surface area contributed by atoms with Crippen LogP contribution in [0.4, 0.5) is 0 Å². The molecule has 0 radical (unpaired) electrons. The van der Waals surface area contributed by atoms with E-state index in [1.807, 2.05) is 48.5 Å². The fourth-order valence-corrected chi connectivity index (χ4v) is 1.68. The first-order valence-electron chi connectivity index (χ1n) is 5.36. The normalized spacial score (nSPS) is 10.4. The molecule has 0 bridgehead atoms. The van der Waals surface area contributed by atoms with Crippen LogP contribution in [0.15, 0.2) is 60.9 Å². The molecule has 1 aromatic carbocycles. The van der Waals surface area contributed by atoms with Gasteiger partial charge in [-0.1, -0.05) is 24.3 Å². The minimum absolute atomic E-state index is 0.552. The van der Waals surface area contributed by atoms with Crippen LogP contribution in [0.25, 0.3) is 10.8 Å². The average Bonchev–Trinajstić information content (AvgIpc) is 2.40. The van der Waals surface area contributed by atoms with Gasteiger partial charge in [0.05, 0.1) is 0 Å². The molecule has 0 aliphatic carbocycles. The number of pyridine rings is 2. The number of hydrogen-bond donors (Lipinski definition) is 0. The Morgan fingerprint density at radius 2 is 1.65 bits per heavy atom. The first-order chi connectivity index (χ1) is 8.43. The topological polar surface area (TPSA) is 35.0 Å². The first-order valence-corrected chi connectivity index (χ1v) is 5.36. The van der Waals surface area contributed by atoms with Gasteiger partial charge in [0, 0.05) is 23.8 Å². The molecule has 0 fully saturated rings. The second kappa shape index (κ2) is 4.22. The highest BCUT2D eigenvalue weighted by atomic mass is 16.5. The van der Waals surface area contributed by atoms with E-state index in [9.17, 15) is 0 Å². The van der Waals surface area contributed by atoms with Crippen LogP contribution in [0.5, 0.6) is 11.8 Å². The second-order valence-electron chi connectivity index (χ2n) is 3.61. The number of aromatic nitrogens is 2. The van der Waals surface area contributed by atoms with Gasteiger partial charge in [0.2, 0.25) is 11.8 Å². The van der Waals surface area contributed by atoms with Gasteiger partial charge in [-0.05, 0) is 23.6 Å². The molecule has 0 unspecified atom stereocenters. The van der Waals surface area contributed by atoms with Gasteiger partial charge in [-0.3, -0.25) is 0 Å². The van der Waals surface area contributed by atoms with E-state index in [0.29, 0.717) is 11.8 Å². The van der Waals surface area contributed by atoms with Crippen molar-refractivity contribution in [2.45, 2.75) is 0 Å². The van der Waals surface area contributed by atoms with Gasteiger partial charge in [0.15, 0.2) is 0 Å². The van der Waals surface area contributed by atoms with Gasteiger partial charge in [-0.2, -0.15) is 0 Å². The smallest absolute Gasteiger partial charge is 0.229 e. The van der Waals surface area contributed by atoms with Crippen molar-refractivity contribution in [1.29, 1.82) is 0 Å². The highest BCUT2D eigenvalue weighted by Crippen LogP contribution is 2.25. The van der Waals surface area contributed by atoms with Crippen molar-refractivity contribution in [2.75, 3.05) is 0 Å². The molecule has 2 aromatic heterocycles. The van der Waals surface area contributed by atoms with Crippen molar-refractivity contribution in [3.05, 3.63) is 60.9 Å². The van der Waals surface area contributed by atoms with Crippen molar-refractivity contribution in [2.24, 2.45) is 0 Å². The lowest BCUT2D eigenvalue weighted by atomic mass is 10.2. The van der Waals surface area contributed by atoms with Crippen LogP contribution < -0.4 is 4.74 Å².